The molecule has 2 aromatic carbocycles. The maximum absolute atomic E-state index is 12.9. The van der Waals surface area contributed by atoms with E-state index in [-0.39, 0.29) is 17.0 Å². The molecule has 0 spiro atoms. The van der Waals surface area contributed by atoms with Gasteiger partial charge in [0.25, 0.3) is 17.4 Å². The molecule has 9 heteroatoms. The van der Waals surface area contributed by atoms with Crippen molar-refractivity contribution in [3.05, 3.63) is 80.4 Å². The van der Waals surface area contributed by atoms with Gasteiger partial charge in [-0.05, 0) is 69.0 Å². The molecule has 31 heavy (non-hydrogen) atoms. The molecule has 0 aliphatic carbocycles. The summed E-state index contributed by atoms with van der Waals surface area (Å²) >= 11 is 5.91. The fourth-order valence-electron chi connectivity index (χ4n) is 3.56. The van der Waals surface area contributed by atoms with Gasteiger partial charge in [-0.2, -0.15) is 0 Å². The third-order valence-corrected chi connectivity index (χ3v) is 5.33. The Kier molecular flexibility index (Phi) is 6.72. The number of nitrogens with zero attached hydrogens (tertiary/aromatic N) is 3. The zero-order valence-corrected chi connectivity index (χ0v) is 17.9. The molecule has 0 bridgehead atoms. The number of rotatable bonds is 7. The lowest BCUT2D eigenvalue weighted by Gasteiger charge is -2.26. The normalized spacial score (nSPS) is 18.1. The van der Waals surface area contributed by atoms with Crippen LogP contribution in [0.15, 0.2) is 54.1 Å². The number of amides is 1. The van der Waals surface area contributed by atoms with Gasteiger partial charge >= 0.3 is 0 Å². The zero-order chi connectivity index (χ0) is 22.7. The van der Waals surface area contributed by atoms with Crippen LogP contribution in [-0.2, 0) is 9.59 Å². The lowest BCUT2D eigenvalue weighted by molar-refractivity contribution is -0.384. The third kappa shape index (κ3) is 4.76. The van der Waals surface area contributed by atoms with Crippen LogP contribution in [0.25, 0.3) is 5.76 Å². The minimum atomic E-state index is -0.848. The number of benzene rings is 2. The number of non-ortho nitro benzene ring substituents is 1. The minimum absolute atomic E-state index is 0.0500. The molecular weight excluding hydrogens is 422 g/mol. The number of hydrogen-bond donors (Lipinski definition) is 1. The van der Waals surface area contributed by atoms with Gasteiger partial charge in [-0.25, -0.2) is 0 Å². The Bertz CT molecular complexity index is 1030. The quantitative estimate of drug-likeness (QED) is 0.230. The van der Waals surface area contributed by atoms with Crippen molar-refractivity contribution in [3.8, 4) is 0 Å². The maximum atomic E-state index is 12.9. The predicted octanol–water partition coefficient (Wildman–Crippen LogP) is 3.62. The van der Waals surface area contributed by atoms with Crippen LogP contribution in [0.1, 0.15) is 23.6 Å². The number of hydrogen-bond acceptors (Lipinski definition) is 6. The fraction of sp³-hybridized carbons (Fsp3) is 0.273. The minimum Gasteiger partial charge on any atom is -0.507 e. The average molecular weight is 444 g/mol. The summed E-state index contributed by atoms with van der Waals surface area (Å²) in [6.45, 7) is 0.995. The number of carbonyl (C=O) groups is 2. The Morgan fingerprint density at radius 2 is 1.74 bits per heavy atom. The lowest BCUT2D eigenvalue weighted by Crippen LogP contribution is -2.32. The molecule has 1 amide bonds. The van der Waals surface area contributed by atoms with Gasteiger partial charge in [-0.3, -0.25) is 19.7 Å². The molecule has 1 heterocycles. The van der Waals surface area contributed by atoms with Crippen LogP contribution in [0.3, 0.4) is 0 Å². The number of nitro groups is 1. The first kappa shape index (κ1) is 22.5. The number of aliphatic hydroxyl groups is 1. The van der Waals surface area contributed by atoms with Gasteiger partial charge in [0.05, 0.1) is 16.5 Å². The zero-order valence-electron chi connectivity index (χ0n) is 17.1. The highest BCUT2D eigenvalue weighted by atomic mass is 35.5. The monoisotopic (exact) mass is 443 g/mol. The molecule has 0 unspecified atom stereocenters. The molecule has 162 valence electrons. The van der Waals surface area contributed by atoms with E-state index in [9.17, 15) is 24.8 Å². The van der Waals surface area contributed by atoms with Gasteiger partial charge in [0, 0.05) is 29.3 Å². The number of aliphatic hydroxyl groups excluding tert-OH is 1. The topological polar surface area (TPSA) is 104 Å². The molecular formula is C22H22ClN3O5. The molecule has 0 saturated carbocycles. The van der Waals surface area contributed by atoms with E-state index in [0.29, 0.717) is 35.7 Å². The Morgan fingerprint density at radius 1 is 1.13 bits per heavy atom. The van der Waals surface area contributed by atoms with Crippen molar-refractivity contribution in [2.24, 2.45) is 0 Å². The first-order valence-corrected chi connectivity index (χ1v) is 10.0. The summed E-state index contributed by atoms with van der Waals surface area (Å²) in [4.78, 5) is 39.6. The summed E-state index contributed by atoms with van der Waals surface area (Å²) in [5, 5.41) is 22.4. The number of nitro benzene ring substituents is 1. The second kappa shape index (κ2) is 9.28. The van der Waals surface area contributed by atoms with Crippen molar-refractivity contribution < 1.29 is 19.6 Å². The highest BCUT2D eigenvalue weighted by molar-refractivity contribution is 6.46. The van der Waals surface area contributed by atoms with E-state index in [1.54, 1.807) is 24.3 Å². The smallest absolute Gasteiger partial charge is 0.295 e. The third-order valence-electron chi connectivity index (χ3n) is 5.08. The van der Waals surface area contributed by atoms with E-state index in [4.69, 9.17) is 11.6 Å². The highest BCUT2D eigenvalue weighted by Gasteiger charge is 2.45. The van der Waals surface area contributed by atoms with E-state index in [1.165, 1.54) is 29.2 Å². The van der Waals surface area contributed by atoms with Crippen molar-refractivity contribution in [3.63, 3.8) is 0 Å². The summed E-state index contributed by atoms with van der Waals surface area (Å²) < 4.78 is 0. The molecule has 0 radical (unpaired) electrons. The van der Waals surface area contributed by atoms with Crippen LogP contribution in [0.2, 0.25) is 5.02 Å². The number of halogens is 1. The molecule has 1 saturated heterocycles. The number of likely N-dealkylation sites (tertiary alicyclic amines) is 1. The number of carbonyl (C=O) groups excluding carboxylic acids is 2. The van der Waals surface area contributed by atoms with Crippen LogP contribution in [0, 0.1) is 10.1 Å². The largest absolute Gasteiger partial charge is 0.507 e. The molecule has 1 atom stereocenters. The van der Waals surface area contributed by atoms with Gasteiger partial charge < -0.3 is 14.9 Å². The summed E-state index contributed by atoms with van der Waals surface area (Å²) in [5.74, 6) is -1.81. The van der Waals surface area contributed by atoms with Crippen molar-refractivity contribution in [2.75, 3.05) is 27.2 Å². The first-order valence-electron chi connectivity index (χ1n) is 9.64. The molecule has 3 rings (SSSR count). The number of Topliss-reactive ketones (excluding diaryl/α,β-unsaturated/α-hetero) is 1. The highest BCUT2D eigenvalue weighted by Crippen LogP contribution is 2.40. The molecule has 1 N–H and O–H groups in total. The standard InChI is InChI=1S/C22H22ClN3O5/c1-24(2)12-3-13-25-19(14-6-10-17(11-7-14)26(30)31)18(21(28)22(25)29)20(27)15-4-8-16(23)9-5-15/h4-11,19,27H,3,12-13H2,1-2H3/t19-/m1/s1. The number of ketones is 1. The van der Waals surface area contributed by atoms with Crippen LogP contribution in [0.4, 0.5) is 5.69 Å². The van der Waals surface area contributed by atoms with Gasteiger partial charge in [0.15, 0.2) is 0 Å². The SMILES string of the molecule is CN(C)CCCN1C(=O)C(=O)C(=C(O)c2ccc(Cl)cc2)[C@H]1c1ccc([N+](=O)[O-])cc1. The van der Waals surface area contributed by atoms with Crippen LogP contribution < -0.4 is 0 Å². The summed E-state index contributed by atoms with van der Waals surface area (Å²) in [6, 6.07) is 11.1. The Morgan fingerprint density at radius 3 is 2.29 bits per heavy atom. The molecule has 0 aromatic heterocycles. The van der Waals surface area contributed by atoms with E-state index >= 15 is 0 Å². The van der Waals surface area contributed by atoms with Gasteiger partial charge in [0.1, 0.15) is 5.76 Å². The second-order valence-corrected chi connectivity index (χ2v) is 7.94. The Balaban J connectivity index is 2.09. The average Bonchev–Trinajstić information content (AvgIpc) is 2.98. The summed E-state index contributed by atoms with van der Waals surface area (Å²) in [6.07, 6.45) is 0.616. The summed E-state index contributed by atoms with van der Waals surface area (Å²) in [7, 11) is 3.81. The molecule has 2 aromatic rings. The van der Waals surface area contributed by atoms with Crippen LogP contribution in [-0.4, -0.2) is 58.7 Å². The van der Waals surface area contributed by atoms with E-state index in [1.807, 2.05) is 19.0 Å². The van der Waals surface area contributed by atoms with Crippen molar-refractivity contribution in [1.29, 1.82) is 0 Å². The van der Waals surface area contributed by atoms with Crippen molar-refractivity contribution >= 4 is 34.7 Å². The Hall–Kier alpha value is -3.23. The van der Waals surface area contributed by atoms with E-state index in [0.717, 1.165) is 0 Å². The lowest BCUT2D eigenvalue weighted by atomic mass is 9.95. The van der Waals surface area contributed by atoms with Crippen molar-refractivity contribution in [1.82, 2.24) is 9.80 Å². The summed E-state index contributed by atoms with van der Waals surface area (Å²) in [5.41, 5.74) is 0.699. The predicted molar refractivity (Wildman–Crippen MR) is 117 cm³/mol. The molecule has 8 nitrogen and oxygen atoms in total. The van der Waals surface area contributed by atoms with Crippen LogP contribution >= 0.6 is 11.6 Å². The Labute approximate surface area is 184 Å². The molecule has 1 aliphatic rings. The first-order chi connectivity index (χ1) is 14.7. The molecule has 1 fully saturated rings. The van der Waals surface area contributed by atoms with Crippen LogP contribution in [0.5, 0.6) is 0 Å². The van der Waals surface area contributed by atoms with E-state index in [2.05, 4.69) is 0 Å². The van der Waals surface area contributed by atoms with Gasteiger partial charge in [0.2, 0.25) is 0 Å². The second-order valence-electron chi connectivity index (χ2n) is 7.50. The van der Waals surface area contributed by atoms with Gasteiger partial charge in [-0.15, -0.1) is 0 Å². The molecule has 1 aliphatic heterocycles. The van der Waals surface area contributed by atoms with Crippen molar-refractivity contribution in [2.45, 2.75) is 12.5 Å². The van der Waals surface area contributed by atoms with E-state index < -0.39 is 22.7 Å². The van der Waals surface area contributed by atoms with Gasteiger partial charge in [-0.1, -0.05) is 11.6 Å². The maximum Gasteiger partial charge on any atom is 0.295 e. The fourth-order valence-corrected chi connectivity index (χ4v) is 3.68.